The molecule has 0 amide bonds. The zero-order valence-electron chi connectivity index (χ0n) is 14.9. The molecule has 146 valence electrons. The number of hydrogen-bond acceptors (Lipinski definition) is 8. The monoisotopic (exact) mass is 388 g/mol. The van der Waals surface area contributed by atoms with E-state index in [0.29, 0.717) is 0 Å². The Bertz CT molecular complexity index is 730. The van der Waals surface area contributed by atoms with Gasteiger partial charge < -0.3 is 24.4 Å². The first-order chi connectivity index (χ1) is 12.1. The van der Waals surface area contributed by atoms with Crippen LogP contribution < -0.4 is 0 Å². The predicted molar refractivity (Wildman–Crippen MR) is 89.9 cm³/mol. The molecule has 1 aromatic carbocycles. The highest BCUT2D eigenvalue weighted by Crippen LogP contribution is 2.40. The van der Waals surface area contributed by atoms with Crippen LogP contribution in [0, 0.1) is 6.92 Å². The van der Waals surface area contributed by atoms with Crippen molar-refractivity contribution in [1.82, 2.24) is 0 Å². The number of hydrogen-bond donors (Lipinski definition) is 2. The smallest absolute Gasteiger partial charge is 0.297 e. The third kappa shape index (κ3) is 3.94. The lowest BCUT2D eigenvalue weighted by molar-refractivity contribution is -0.201. The van der Waals surface area contributed by atoms with E-state index < -0.39 is 53.0 Å². The Kier molecular flexibility index (Phi) is 5.42. The SMILES string of the molecule is Cc1ccc(S(=O)(=O)OC[C@H]2O[C@H]([C@H](O)CO)[C@@H]3OC(C)(C)O[C@@H]32)cc1. The zero-order chi connectivity index (χ0) is 19.1. The van der Waals surface area contributed by atoms with Gasteiger partial charge in [-0.3, -0.25) is 4.18 Å². The van der Waals surface area contributed by atoms with Crippen molar-refractivity contribution in [3.8, 4) is 0 Å². The highest BCUT2D eigenvalue weighted by Gasteiger charge is 2.57. The molecule has 26 heavy (non-hydrogen) atoms. The van der Waals surface area contributed by atoms with E-state index >= 15 is 0 Å². The predicted octanol–water partition coefficient (Wildman–Crippen LogP) is 0.341. The molecule has 5 atom stereocenters. The number of fused-ring (bicyclic) bond motifs is 1. The van der Waals surface area contributed by atoms with Crippen molar-refractivity contribution in [2.75, 3.05) is 13.2 Å². The summed E-state index contributed by atoms with van der Waals surface area (Å²) in [6.45, 7) is 4.50. The number of aryl methyl sites for hydroxylation is 1. The molecule has 2 heterocycles. The maximum absolute atomic E-state index is 12.4. The first kappa shape index (κ1) is 19.7. The van der Waals surface area contributed by atoms with E-state index in [1.807, 2.05) is 6.92 Å². The van der Waals surface area contributed by atoms with E-state index in [1.54, 1.807) is 26.0 Å². The number of aliphatic hydroxyl groups excluding tert-OH is 2. The second kappa shape index (κ2) is 7.16. The van der Waals surface area contributed by atoms with Crippen molar-refractivity contribution in [1.29, 1.82) is 0 Å². The van der Waals surface area contributed by atoms with Crippen LogP contribution >= 0.6 is 0 Å². The molecular weight excluding hydrogens is 364 g/mol. The summed E-state index contributed by atoms with van der Waals surface area (Å²) in [6, 6.07) is 6.31. The lowest BCUT2D eigenvalue weighted by Gasteiger charge is -2.25. The van der Waals surface area contributed by atoms with Gasteiger partial charge in [0.15, 0.2) is 5.79 Å². The Balaban J connectivity index is 1.72. The van der Waals surface area contributed by atoms with Crippen molar-refractivity contribution < 1.29 is 37.0 Å². The largest absolute Gasteiger partial charge is 0.394 e. The van der Waals surface area contributed by atoms with Crippen LogP contribution in [0.2, 0.25) is 0 Å². The second-order valence-corrected chi connectivity index (χ2v) is 8.62. The van der Waals surface area contributed by atoms with E-state index in [4.69, 9.17) is 18.4 Å². The van der Waals surface area contributed by atoms with Crippen LogP contribution in [0.4, 0.5) is 0 Å². The van der Waals surface area contributed by atoms with Crippen molar-refractivity contribution in [2.24, 2.45) is 0 Å². The van der Waals surface area contributed by atoms with Gasteiger partial charge in [-0.2, -0.15) is 8.42 Å². The molecule has 0 aromatic heterocycles. The molecule has 2 aliphatic heterocycles. The van der Waals surface area contributed by atoms with Crippen molar-refractivity contribution in [3.05, 3.63) is 29.8 Å². The molecule has 9 heteroatoms. The molecule has 3 rings (SSSR count). The fourth-order valence-corrected chi connectivity index (χ4v) is 4.11. The Morgan fingerprint density at radius 1 is 1.19 bits per heavy atom. The Hall–Kier alpha value is -1.07. The standard InChI is InChI=1S/C17H24O8S/c1-10-4-6-11(7-5-10)26(20,21)22-9-13-15-16(25-17(2,3)24-15)14(23-13)12(19)8-18/h4-7,12-16,18-19H,8-9H2,1-3H3/t12-,13-,14-,15-,16+/m1/s1. The topological polar surface area (TPSA) is 112 Å². The summed E-state index contributed by atoms with van der Waals surface area (Å²) in [4.78, 5) is 0.0495. The summed E-state index contributed by atoms with van der Waals surface area (Å²) in [5.74, 6) is -0.902. The quantitative estimate of drug-likeness (QED) is 0.671. The summed E-state index contributed by atoms with van der Waals surface area (Å²) >= 11 is 0. The average molecular weight is 388 g/mol. The molecule has 0 radical (unpaired) electrons. The molecule has 1 aromatic rings. The lowest BCUT2D eigenvalue weighted by atomic mass is 10.0. The van der Waals surface area contributed by atoms with E-state index in [9.17, 15) is 18.6 Å². The van der Waals surface area contributed by atoms with Gasteiger partial charge in [-0.1, -0.05) is 17.7 Å². The van der Waals surface area contributed by atoms with Crippen LogP contribution in [0.5, 0.6) is 0 Å². The van der Waals surface area contributed by atoms with E-state index in [0.717, 1.165) is 5.56 Å². The molecule has 8 nitrogen and oxygen atoms in total. The minimum Gasteiger partial charge on any atom is -0.394 e. The molecule has 0 spiro atoms. The van der Waals surface area contributed by atoms with Crippen LogP contribution in [0.3, 0.4) is 0 Å². The number of rotatable bonds is 6. The van der Waals surface area contributed by atoms with E-state index in [2.05, 4.69) is 0 Å². The van der Waals surface area contributed by atoms with Crippen LogP contribution in [0.15, 0.2) is 29.2 Å². The first-order valence-corrected chi connectivity index (χ1v) is 9.80. The van der Waals surface area contributed by atoms with Gasteiger partial charge in [0.05, 0.1) is 18.1 Å². The van der Waals surface area contributed by atoms with Gasteiger partial charge in [0.1, 0.15) is 30.5 Å². The summed E-state index contributed by atoms with van der Waals surface area (Å²) in [5, 5.41) is 19.2. The molecule has 0 unspecified atom stereocenters. The maximum Gasteiger partial charge on any atom is 0.297 e. The van der Waals surface area contributed by atoms with E-state index in [-0.39, 0.29) is 11.5 Å². The average Bonchev–Trinajstić information content (AvgIpc) is 3.06. The molecular formula is C17H24O8S. The molecule has 2 aliphatic rings. The van der Waals surface area contributed by atoms with E-state index in [1.165, 1.54) is 12.1 Å². The molecule has 0 bridgehead atoms. The minimum atomic E-state index is -3.95. The van der Waals surface area contributed by atoms with Crippen LogP contribution in [0.1, 0.15) is 19.4 Å². The molecule has 0 saturated carbocycles. The van der Waals surface area contributed by atoms with Crippen molar-refractivity contribution in [2.45, 2.75) is 62.0 Å². The van der Waals surface area contributed by atoms with Crippen LogP contribution in [-0.4, -0.2) is 68.2 Å². The fraction of sp³-hybridized carbons (Fsp3) is 0.647. The maximum atomic E-state index is 12.4. The van der Waals surface area contributed by atoms with Gasteiger partial charge in [0, 0.05) is 0 Å². The third-order valence-electron chi connectivity index (χ3n) is 4.45. The van der Waals surface area contributed by atoms with Gasteiger partial charge in [0.25, 0.3) is 10.1 Å². The highest BCUT2D eigenvalue weighted by molar-refractivity contribution is 7.86. The Morgan fingerprint density at radius 2 is 1.81 bits per heavy atom. The Morgan fingerprint density at radius 3 is 2.42 bits per heavy atom. The van der Waals surface area contributed by atoms with Crippen LogP contribution in [0.25, 0.3) is 0 Å². The van der Waals surface area contributed by atoms with Crippen LogP contribution in [-0.2, 0) is 28.5 Å². The van der Waals surface area contributed by atoms with Crippen molar-refractivity contribution >= 4 is 10.1 Å². The summed E-state index contributed by atoms with van der Waals surface area (Å²) in [6.07, 6.45) is -3.98. The number of aliphatic hydroxyl groups is 2. The molecule has 2 N–H and O–H groups in total. The van der Waals surface area contributed by atoms with Gasteiger partial charge in [-0.25, -0.2) is 0 Å². The Labute approximate surface area is 152 Å². The molecule has 0 aliphatic carbocycles. The number of benzene rings is 1. The first-order valence-electron chi connectivity index (χ1n) is 8.39. The zero-order valence-corrected chi connectivity index (χ0v) is 15.7. The van der Waals surface area contributed by atoms with Gasteiger partial charge >= 0.3 is 0 Å². The van der Waals surface area contributed by atoms with Gasteiger partial charge in [-0.15, -0.1) is 0 Å². The molecule has 2 saturated heterocycles. The van der Waals surface area contributed by atoms with Gasteiger partial charge in [0.2, 0.25) is 0 Å². The van der Waals surface area contributed by atoms with Crippen molar-refractivity contribution in [3.63, 3.8) is 0 Å². The second-order valence-electron chi connectivity index (χ2n) is 7.01. The summed E-state index contributed by atoms with van der Waals surface area (Å²) in [7, 11) is -3.95. The normalized spacial score (nSPS) is 31.7. The summed E-state index contributed by atoms with van der Waals surface area (Å²) in [5.41, 5.74) is 0.936. The van der Waals surface area contributed by atoms with Gasteiger partial charge in [-0.05, 0) is 32.9 Å². The summed E-state index contributed by atoms with van der Waals surface area (Å²) < 4.78 is 47.1. The lowest BCUT2D eigenvalue weighted by Crippen LogP contribution is -2.40. The molecule has 2 fully saturated rings. The number of ether oxygens (including phenoxy) is 3. The fourth-order valence-electron chi connectivity index (χ4n) is 3.19. The third-order valence-corrected chi connectivity index (χ3v) is 5.75. The minimum absolute atomic E-state index is 0.0495. The highest BCUT2D eigenvalue weighted by atomic mass is 32.2.